The van der Waals surface area contributed by atoms with Crippen LogP contribution in [0.1, 0.15) is 38.2 Å². The molecule has 124 valence electrons. The van der Waals surface area contributed by atoms with E-state index in [4.69, 9.17) is 9.47 Å². The Hall–Kier alpha value is -1.10. The van der Waals surface area contributed by atoms with Crippen LogP contribution < -0.4 is 4.74 Å². The molecule has 1 fully saturated rings. The van der Waals surface area contributed by atoms with Crippen LogP contribution in [0, 0.1) is 0 Å². The largest absolute Gasteiger partial charge is 0.497 e. The van der Waals surface area contributed by atoms with Crippen molar-refractivity contribution in [1.29, 1.82) is 0 Å². The summed E-state index contributed by atoms with van der Waals surface area (Å²) in [5, 5.41) is 10.2. The number of aliphatic hydroxyl groups is 1. The highest BCUT2D eigenvalue weighted by Gasteiger charge is 2.22. The smallest absolute Gasteiger partial charge is 0.119 e. The lowest BCUT2D eigenvalue weighted by molar-refractivity contribution is -0.00379. The van der Waals surface area contributed by atoms with Crippen molar-refractivity contribution in [1.82, 2.24) is 4.90 Å². The van der Waals surface area contributed by atoms with Gasteiger partial charge in [0.1, 0.15) is 5.75 Å². The minimum atomic E-state index is -0.419. The van der Waals surface area contributed by atoms with Gasteiger partial charge >= 0.3 is 0 Å². The third-order valence-electron chi connectivity index (χ3n) is 4.38. The van der Waals surface area contributed by atoms with E-state index in [1.54, 1.807) is 7.11 Å². The van der Waals surface area contributed by atoms with Crippen LogP contribution in [0.25, 0.3) is 0 Å². The zero-order valence-corrected chi connectivity index (χ0v) is 13.8. The molecule has 1 aliphatic rings. The van der Waals surface area contributed by atoms with Crippen molar-refractivity contribution in [3.63, 3.8) is 0 Å². The van der Waals surface area contributed by atoms with Crippen LogP contribution in [0.5, 0.6) is 5.75 Å². The maximum atomic E-state index is 10.2. The highest BCUT2D eigenvalue weighted by Crippen LogP contribution is 2.19. The van der Waals surface area contributed by atoms with E-state index in [1.807, 2.05) is 24.3 Å². The molecule has 0 bridgehead atoms. The number of ether oxygens (including phenoxy) is 2. The summed E-state index contributed by atoms with van der Waals surface area (Å²) < 4.78 is 10.9. The maximum absolute atomic E-state index is 10.2. The van der Waals surface area contributed by atoms with Crippen LogP contribution in [0.3, 0.4) is 0 Å². The zero-order chi connectivity index (χ0) is 15.8. The standard InChI is InChI=1S/C18H29NO3/c1-3-16-8-4-5-10-19(16)12-17(20)14-22-13-15-7-6-9-18(11-15)21-2/h6-7,9,11,16-17,20H,3-5,8,10,12-14H2,1-2H3/t16-,17+/m1/s1. The summed E-state index contributed by atoms with van der Waals surface area (Å²) in [7, 11) is 1.66. The fourth-order valence-electron chi connectivity index (χ4n) is 3.16. The Morgan fingerprint density at radius 3 is 3.00 bits per heavy atom. The second-order valence-corrected chi connectivity index (χ2v) is 6.07. The molecule has 0 aliphatic carbocycles. The maximum Gasteiger partial charge on any atom is 0.119 e. The molecule has 0 saturated carbocycles. The molecule has 1 aliphatic heterocycles. The minimum Gasteiger partial charge on any atom is -0.497 e. The number of hydrogen-bond donors (Lipinski definition) is 1. The molecule has 1 heterocycles. The zero-order valence-electron chi connectivity index (χ0n) is 13.8. The van der Waals surface area contributed by atoms with E-state index < -0.39 is 6.10 Å². The van der Waals surface area contributed by atoms with Gasteiger partial charge in [-0.3, -0.25) is 4.90 Å². The Kier molecular flexibility index (Phi) is 7.16. The Morgan fingerprint density at radius 2 is 2.23 bits per heavy atom. The van der Waals surface area contributed by atoms with Crippen molar-refractivity contribution >= 4 is 0 Å². The fourth-order valence-corrected chi connectivity index (χ4v) is 3.16. The van der Waals surface area contributed by atoms with E-state index in [2.05, 4.69) is 11.8 Å². The van der Waals surface area contributed by atoms with Crippen LogP contribution >= 0.6 is 0 Å². The summed E-state index contributed by atoms with van der Waals surface area (Å²) in [5.74, 6) is 0.834. The van der Waals surface area contributed by atoms with Gasteiger partial charge in [0, 0.05) is 12.6 Å². The highest BCUT2D eigenvalue weighted by molar-refractivity contribution is 5.27. The quantitative estimate of drug-likeness (QED) is 0.802. The molecule has 1 aromatic carbocycles. The monoisotopic (exact) mass is 307 g/mol. The predicted molar refractivity (Wildman–Crippen MR) is 88.2 cm³/mol. The first-order valence-corrected chi connectivity index (χ1v) is 8.35. The van der Waals surface area contributed by atoms with Gasteiger partial charge in [-0.2, -0.15) is 0 Å². The van der Waals surface area contributed by atoms with Crippen LogP contribution in [0.2, 0.25) is 0 Å². The average Bonchev–Trinajstić information content (AvgIpc) is 2.55. The molecule has 0 unspecified atom stereocenters. The van der Waals surface area contributed by atoms with Crippen LogP contribution in [0.4, 0.5) is 0 Å². The number of methoxy groups -OCH3 is 1. The van der Waals surface area contributed by atoms with Gasteiger partial charge in [0.2, 0.25) is 0 Å². The number of nitrogens with zero attached hydrogens (tertiary/aromatic N) is 1. The molecule has 22 heavy (non-hydrogen) atoms. The number of hydrogen-bond acceptors (Lipinski definition) is 4. The molecular weight excluding hydrogens is 278 g/mol. The molecule has 0 radical (unpaired) electrons. The average molecular weight is 307 g/mol. The molecule has 4 nitrogen and oxygen atoms in total. The third-order valence-corrected chi connectivity index (χ3v) is 4.38. The normalized spacial score (nSPS) is 20.8. The first-order chi connectivity index (χ1) is 10.7. The van der Waals surface area contributed by atoms with E-state index in [0.29, 0.717) is 19.3 Å². The number of piperidine rings is 1. The van der Waals surface area contributed by atoms with E-state index >= 15 is 0 Å². The highest BCUT2D eigenvalue weighted by atomic mass is 16.5. The molecule has 1 N–H and O–H groups in total. The van der Waals surface area contributed by atoms with E-state index in [0.717, 1.165) is 30.8 Å². The molecule has 0 spiro atoms. The van der Waals surface area contributed by atoms with Gasteiger partial charge in [-0.1, -0.05) is 25.5 Å². The van der Waals surface area contributed by atoms with Crippen molar-refractivity contribution in [3.05, 3.63) is 29.8 Å². The van der Waals surface area contributed by atoms with Crippen molar-refractivity contribution in [2.24, 2.45) is 0 Å². The van der Waals surface area contributed by atoms with Gasteiger partial charge in [0.25, 0.3) is 0 Å². The Bertz CT molecular complexity index is 438. The number of benzene rings is 1. The van der Waals surface area contributed by atoms with Crippen LogP contribution in [-0.2, 0) is 11.3 Å². The molecule has 1 aromatic rings. The van der Waals surface area contributed by atoms with Crippen molar-refractivity contribution in [3.8, 4) is 5.75 Å². The van der Waals surface area contributed by atoms with Crippen LogP contribution in [-0.4, -0.2) is 49.0 Å². The number of rotatable bonds is 8. The summed E-state index contributed by atoms with van der Waals surface area (Å²) in [6, 6.07) is 8.46. The lowest BCUT2D eigenvalue weighted by Gasteiger charge is -2.36. The van der Waals surface area contributed by atoms with Gasteiger partial charge in [-0.25, -0.2) is 0 Å². The van der Waals surface area contributed by atoms with Crippen molar-refractivity contribution < 1.29 is 14.6 Å². The van der Waals surface area contributed by atoms with E-state index in [1.165, 1.54) is 19.3 Å². The predicted octanol–water partition coefficient (Wildman–Crippen LogP) is 2.84. The lowest BCUT2D eigenvalue weighted by Crippen LogP contribution is -2.44. The van der Waals surface area contributed by atoms with E-state index in [-0.39, 0.29) is 0 Å². The van der Waals surface area contributed by atoms with Gasteiger partial charge in [-0.15, -0.1) is 0 Å². The summed E-state index contributed by atoms with van der Waals surface area (Å²) in [5.41, 5.74) is 1.07. The molecule has 0 amide bonds. The van der Waals surface area contributed by atoms with Crippen LogP contribution in [0.15, 0.2) is 24.3 Å². The molecule has 2 atom stereocenters. The first-order valence-electron chi connectivity index (χ1n) is 8.35. The summed E-state index contributed by atoms with van der Waals surface area (Å²) in [6.45, 7) is 4.94. The van der Waals surface area contributed by atoms with Crippen molar-refractivity contribution in [2.45, 2.75) is 51.4 Å². The fraction of sp³-hybridized carbons (Fsp3) is 0.667. The van der Waals surface area contributed by atoms with Gasteiger partial charge in [0.05, 0.1) is 26.4 Å². The number of aliphatic hydroxyl groups excluding tert-OH is 1. The number of likely N-dealkylation sites (tertiary alicyclic amines) is 1. The third kappa shape index (κ3) is 5.27. The Morgan fingerprint density at radius 1 is 1.36 bits per heavy atom. The summed E-state index contributed by atoms with van der Waals surface area (Å²) in [4.78, 5) is 2.42. The number of β-amino-alcohol motifs (C(OH)–C–C–N with tert-alkyl or cyclic N) is 1. The summed E-state index contributed by atoms with van der Waals surface area (Å²) in [6.07, 6.45) is 4.56. The van der Waals surface area contributed by atoms with E-state index in [9.17, 15) is 5.11 Å². The molecule has 1 saturated heterocycles. The SMILES string of the molecule is CC[C@@H]1CCCCN1C[C@H](O)COCc1cccc(OC)c1. The van der Waals surface area contributed by atoms with Gasteiger partial charge < -0.3 is 14.6 Å². The topological polar surface area (TPSA) is 41.9 Å². The second kappa shape index (κ2) is 9.13. The van der Waals surface area contributed by atoms with Gasteiger partial charge in [-0.05, 0) is 43.5 Å². The Labute approximate surface area is 134 Å². The Balaban J connectivity index is 1.71. The van der Waals surface area contributed by atoms with Gasteiger partial charge in [0.15, 0.2) is 0 Å². The molecule has 4 heteroatoms. The molecule has 0 aromatic heterocycles. The van der Waals surface area contributed by atoms with Crippen molar-refractivity contribution in [2.75, 3.05) is 26.8 Å². The molecule has 2 rings (SSSR count). The molecular formula is C18H29NO3. The lowest BCUT2D eigenvalue weighted by atomic mass is 10.00. The second-order valence-electron chi connectivity index (χ2n) is 6.07. The summed E-state index contributed by atoms with van der Waals surface area (Å²) >= 11 is 0. The minimum absolute atomic E-state index is 0.379. The first kappa shape index (κ1) is 17.3.